The van der Waals surface area contributed by atoms with Gasteiger partial charge in [-0.1, -0.05) is 24.3 Å². The van der Waals surface area contributed by atoms with Crippen molar-refractivity contribution in [1.82, 2.24) is 19.5 Å². The van der Waals surface area contributed by atoms with Gasteiger partial charge in [0.25, 0.3) is 0 Å². The molecule has 188 valence electrons. The van der Waals surface area contributed by atoms with Crippen LogP contribution in [0.3, 0.4) is 0 Å². The summed E-state index contributed by atoms with van der Waals surface area (Å²) in [6.45, 7) is 0.625. The topological polar surface area (TPSA) is 88.9 Å². The molecule has 4 rings (SSSR count). The molecular formula is C25H24F3N5O2S. The first-order valence-corrected chi connectivity index (χ1v) is 12.7. The Bertz CT molecular complexity index is 1440. The van der Waals surface area contributed by atoms with Crippen LogP contribution >= 0.6 is 0 Å². The molecule has 0 amide bonds. The molecule has 4 aromatic rings. The molecule has 0 aliphatic carbocycles. The number of benzene rings is 2. The van der Waals surface area contributed by atoms with E-state index in [4.69, 9.17) is 0 Å². The van der Waals surface area contributed by atoms with Crippen molar-refractivity contribution in [3.63, 3.8) is 0 Å². The number of pyridine rings is 1. The van der Waals surface area contributed by atoms with E-state index in [0.29, 0.717) is 34.6 Å². The van der Waals surface area contributed by atoms with Crippen LogP contribution in [0.15, 0.2) is 79.3 Å². The fourth-order valence-corrected chi connectivity index (χ4v) is 4.23. The second kappa shape index (κ2) is 10.5. The number of hydrogen-bond acceptors (Lipinski definition) is 5. The van der Waals surface area contributed by atoms with Crippen LogP contribution in [0.1, 0.15) is 11.1 Å². The van der Waals surface area contributed by atoms with E-state index in [1.54, 1.807) is 53.6 Å². The molecule has 0 saturated heterocycles. The van der Waals surface area contributed by atoms with Crippen LogP contribution in [0, 0.1) is 0 Å². The molecule has 2 aromatic carbocycles. The third-order valence-electron chi connectivity index (χ3n) is 5.52. The first-order chi connectivity index (χ1) is 17.1. The second-order valence-corrected chi connectivity index (χ2v) is 10.1. The maximum Gasteiger partial charge on any atom is 0.416 e. The van der Waals surface area contributed by atoms with E-state index in [1.165, 1.54) is 13.1 Å². The summed E-state index contributed by atoms with van der Waals surface area (Å²) in [5.41, 5.74) is 3.05. The summed E-state index contributed by atoms with van der Waals surface area (Å²) in [6, 6.07) is 15.8. The Morgan fingerprint density at radius 1 is 1.00 bits per heavy atom. The number of alkyl halides is 3. The van der Waals surface area contributed by atoms with Gasteiger partial charge in [-0.15, -0.1) is 0 Å². The highest BCUT2D eigenvalue weighted by Crippen LogP contribution is 2.35. The molecular weight excluding hydrogens is 491 g/mol. The SMILES string of the molecule is CNS(=O)(=O)CCNc1ccc(-c2cccc(C(F)(F)F)c2)cc1-c1ccn(Cc2cccnc2)n1. The first-order valence-electron chi connectivity index (χ1n) is 11.0. The van der Waals surface area contributed by atoms with Gasteiger partial charge in [0.2, 0.25) is 10.0 Å². The zero-order valence-electron chi connectivity index (χ0n) is 19.3. The maximum absolute atomic E-state index is 13.3. The van der Waals surface area contributed by atoms with Crippen molar-refractivity contribution in [1.29, 1.82) is 0 Å². The summed E-state index contributed by atoms with van der Waals surface area (Å²) in [7, 11) is -2.07. The molecule has 0 saturated carbocycles. The number of aromatic nitrogens is 3. The monoisotopic (exact) mass is 515 g/mol. The standard InChI is InChI=1S/C25H24F3N5O2S/c1-29-36(34,35)13-11-31-23-8-7-20(19-5-2-6-21(14-19)25(26,27)28)15-22(23)24-9-12-33(32-24)17-18-4-3-10-30-16-18/h2-10,12,14-16,29,31H,11,13,17H2,1H3. The average molecular weight is 516 g/mol. The van der Waals surface area contributed by atoms with E-state index < -0.39 is 21.8 Å². The van der Waals surface area contributed by atoms with Crippen molar-refractivity contribution in [2.75, 3.05) is 24.7 Å². The van der Waals surface area contributed by atoms with Gasteiger partial charge in [0, 0.05) is 36.4 Å². The molecule has 0 aliphatic rings. The van der Waals surface area contributed by atoms with Gasteiger partial charge in [0.05, 0.1) is 23.6 Å². The highest BCUT2D eigenvalue weighted by molar-refractivity contribution is 7.89. The van der Waals surface area contributed by atoms with Gasteiger partial charge in [-0.05, 0) is 60.1 Å². The predicted molar refractivity (Wildman–Crippen MR) is 133 cm³/mol. The van der Waals surface area contributed by atoms with Crippen molar-refractivity contribution in [3.8, 4) is 22.4 Å². The largest absolute Gasteiger partial charge is 0.416 e. The van der Waals surface area contributed by atoms with Crippen molar-refractivity contribution < 1.29 is 21.6 Å². The molecule has 0 radical (unpaired) electrons. The van der Waals surface area contributed by atoms with Crippen LogP contribution in [0.2, 0.25) is 0 Å². The molecule has 2 heterocycles. The molecule has 0 bridgehead atoms. The molecule has 0 unspecified atom stereocenters. The minimum absolute atomic E-state index is 0.134. The van der Waals surface area contributed by atoms with Crippen LogP contribution in [0.25, 0.3) is 22.4 Å². The van der Waals surface area contributed by atoms with Gasteiger partial charge < -0.3 is 5.32 Å². The summed E-state index contributed by atoms with van der Waals surface area (Å²) in [4.78, 5) is 4.10. The molecule has 11 heteroatoms. The van der Waals surface area contributed by atoms with Crippen LogP contribution in [0.4, 0.5) is 18.9 Å². The minimum atomic E-state index is -4.45. The Morgan fingerprint density at radius 3 is 2.53 bits per heavy atom. The molecule has 0 fully saturated rings. The van der Waals surface area contributed by atoms with Crippen LogP contribution in [-0.4, -0.2) is 42.5 Å². The minimum Gasteiger partial charge on any atom is -0.383 e. The van der Waals surface area contributed by atoms with Gasteiger partial charge in [-0.25, -0.2) is 13.1 Å². The lowest BCUT2D eigenvalue weighted by Gasteiger charge is -2.14. The van der Waals surface area contributed by atoms with Crippen molar-refractivity contribution in [2.24, 2.45) is 0 Å². The summed E-state index contributed by atoms with van der Waals surface area (Å²) >= 11 is 0. The van der Waals surface area contributed by atoms with E-state index in [1.807, 2.05) is 12.1 Å². The number of halogens is 3. The zero-order chi connectivity index (χ0) is 25.8. The van der Waals surface area contributed by atoms with E-state index in [2.05, 4.69) is 20.1 Å². The van der Waals surface area contributed by atoms with Crippen molar-refractivity contribution in [3.05, 3.63) is 90.4 Å². The Balaban J connectivity index is 1.69. The Hall–Kier alpha value is -3.70. The number of rotatable bonds is 9. The lowest BCUT2D eigenvalue weighted by molar-refractivity contribution is -0.137. The average Bonchev–Trinajstić information content (AvgIpc) is 3.32. The lowest BCUT2D eigenvalue weighted by atomic mass is 9.98. The summed E-state index contributed by atoms with van der Waals surface area (Å²) in [5.74, 6) is -0.145. The van der Waals surface area contributed by atoms with Gasteiger partial charge in [0.15, 0.2) is 0 Å². The van der Waals surface area contributed by atoms with Gasteiger partial charge in [0.1, 0.15) is 0 Å². The van der Waals surface area contributed by atoms with Crippen LogP contribution in [0.5, 0.6) is 0 Å². The summed E-state index contributed by atoms with van der Waals surface area (Å²) in [6.07, 6.45) is 0.771. The fraction of sp³-hybridized carbons (Fsp3) is 0.200. The molecule has 2 N–H and O–H groups in total. The quantitative estimate of drug-likeness (QED) is 0.339. The molecule has 0 atom stereocenters. The fourth-order valence-electron chi connectivity index (χ4n) is 3.66. The van der Waals surface area contributed by atoms with Crippen molar-refractivity contribution in [2.45, 2.75) is 12.7 Å². The smallest absolute Gasteiger partial charge is 0.383 e. The predicted octanol–water partition coefficient (Wildman–Crippen LogP) is 4.64. The molecule has 2 aromatic heterocycles. The zero-order valence-corrected chi connectivity index (χ0v) is 20.1. The first kappa shape index (κ1) is 25.4. The Morgan fingerprint density at radius 2 is 1.81 bits per heavy atom. The highest BCUT2D eigenvalue weighted by atomic mass is 32.2. The molecule has 36 heavy (non-hydrogen) atoms. The Labute approximate surface area is 207 Å². The maximum atomic E-state index is 13.3. The van der Waals surface area contributed by atoms with E-state index >= 15 is 0 Å². The van der Waals surface area contributed by atoms with E-state index in [9.17, 15) is 21.6 Å². The van der Waals surface area contributed by atoms with E-state index in [0.717, 1.165) is 17.7 Å². The summed E-state index contributed by atoms with van der Waals surface area (Å²) < 4.78 is 67.4. The molecule has 0 spiro atoms. The normalized spacial score (nSPS) is 12.0. The highest BCUT2D eigenvalue weighted by Gasteiger charge is 2.30. The van der Waals surface area contributed by atoms with Crippen molar-refractivity contribution >= 4 is 15.7 Å². The second-order valence-electron chi connectivity index (χ2n) is 8.05. The summed E-state index contributed by atoms with van der Waals surface area (Å²) in [5, 5.41) is 7.76. The van der Waals surface area contributed by atoms with Gasteiger partial charge in [-0.3, -0.25) is 9.67 Å². The van der Waals surface area contributed by atoms with Crippen LogP contribution < -0.4 is 10.0 Å². The molecule has 7 nitrogen and oxygen atoms in total. The van der Waals surface area contributed by atoms with Gasteiger partial charge in [-0.2, -0.15) is 18.3 Å². The van der Waals surface area contributed by atoms with Crippen LogP contribution in [-0.2, 0) is 22.7 Å². The number of sulfonamides is 1. The lowest BCUT2D eigenvalue weighted by Crippen LogP contribution is -2.26. The Kier molecular flexibility index (Phi) is 7.41. The third-order valence-corrected chi connectivity index (χ3v) is 6.89. The number of nitrogens with one attached hydrogen (secondary N) is 2. The molecule has 0 aliphatic heterocycles. The third kappa shape index (κ3) is 6.29. The number of hydrogen-bond donors (Lipinski definition) is 2. The van der Waals surface area contributed by atoms with E-state index in [-0.39, 0.29) is 12.3 Å². The van der Waals surface area contributed by atoms with Gasteiger partial charge >= 0.3 is 6.18 Å². The number of anilines is 1. The number of nitrogens with zero attached hydrogens (tertiary/aromatic N) is 3.